The normalized spacial score (nSPS) is 18.7. The zero-order chi connectivity index (χ0) is 26.7. The molecule has 0 radical (unpaired) electrons. The van der Waals surface area contributed by atoms with Gasteiger partial charge in [0.05, 0.1) is 30.4 Å². The molecule has 1 fully saturated rings. The number of amides is 2. The van der Waals surface area contributed by atoms with Crippen LogP contribution in [0.4, 0.5) is 17.6 Å². The third kappa shape index (κ3) is 5.95. The highest BCUT2D eigenvalue weighted by Gasteiger charge is 2.42. The molecule has 0 unspecified atom stereocenters. The molecule has 3 heterocycles. The largest absolute Gasteiger partial charge is 0.437 e. The van der Waals surface area contributed by atoms with E-state index in [0.717, 1.165) is 16.0 Å². The van der Waals surface area contributed by atoms with Gasteiger partial charge in [0.2, 0.25) is 11.8 Å². The summed E-state index contributed by atoms with van der Waals surface area (Å²) in [5.41, 5.74) is 0.427. The van der Waals surface area contributed by atoms with E-state index in [1.54, 1.807) is 24.4 Å². The van der Waals surface area contributed by atoms with Crippen LogP contribution in [0.5, 0.6) is 0 Å². The number of hydrogen-bond acceptors (Lipinski definition) is 5. The Morgan fingerprint density at radius 3 is 2.49 bits per heavy atom. The Balaban J connectivity index is 1.56. The number of carbonyl (C=O) groups excluding carboxylic acids is 2. The van der Waals surface area contributed by atoms with E-state index in [9.17, 15) is 27.2 Å². The molecule has 196 valence electrons. The minimum atomic E-state index is -4.81. The lowest BCUT2D eigenvalue weighted by Crippen LogP contribution is -2.47. The maximum Gasteiger partial charge on any atom is 0.437 e. The highest BCUT2D eigenvalue weighted by molar-refractivity contribution is 5.89. The number of aromatic amines is 1. The number of halogens is 4. The third-order valence-electron chi connectivity index (χ3n) is 6.28. The van der Waals surface area contributed by atoms with Crippen molar-refractivity contribution < 1.29 is 27.2 Å². The molecule has 0 aliphatic carbocycles. The quantitative estimate of drug-likeness (QED) is 0.464. The summed E-state index contributed by atoms with van der Waals surface area (Å²) in [4.78, 5) is 31.7. The standard InChI is InChI=1S/C25H26F4N6O2/c1-14(2)16-8-9-18(30-12-16)22(15-6-4-3-5-7-15)31-24(37)20-10-17(26)13-35(20)21(36)11-19-23(25(27,28)29)33-34-32-19/h3-9,12,14,17,20,22H,10-11,13H2,1-2H3,(H,31,37)(H,32,33,34)/t17-,20+,22+/m1/s1. The molecule has 0 spiro atoms. The number of carbonyl (C=O) groups is 2. The van der Waals surface area contributed by atoms with Gasteiger partial charge in [-0.2, -0.15) is 13.2 Å². The number of pyridine rings is 1. The predicted octanol–water partition coefficient (Wildman–Crippen LogP) is 3.73. The fraction of sp³-hybridized carbons (Fsp3) is 0.400. The van der Waals surface area contributed by atoms with Crippen molar-refractivity contribution in [3.8, 4) is 0 Å². The minimum absolute atomic E-state index is 0.258. The zero-order valence-electron chi connectivity index (χ0n) is 20.2. The van der Waals surface area contributed by atoms with Crippen LogP contribution in [0, 0.1) is 0 Å². The Hall–Kier alpha value is -3.83. The Morgan fingerprint density at radius 1 is 1.14 bits per heavy atom. The molecule has 3 aromatic rings. The molecule has 2 N–H and O–H groups in total. The second-order valence-corrected chi connectivity index (χ2v) is 9.23. The van der Waals surface area contributed by atoms with E-state index in [2.05, 4.69) is 25.7 Å². The summed E-state index contributed by atoms with van der Waals surface area (Å²) in [6, 6.07) is 10.9. The second-order valence-electron chi connectivity index (χ2n) is 9.23. The van der Waals surface area contributed by atoms with Gasteiger partial charge in [-0.3, -0.25) is 19.7 Å². The van der Waals surface area contributed by atoms with Crippen molar-refractivity contribution in [2.75, 3.05) is 6.54 Å². The van der Waals surface area contributed by atoms with Gasteiger partial charge in [-0.15, -0.1) is 5.10 Å². The van der Waals surface area contributed by atoms with Gasteiger partial charge in [0.1, 0.15) is 12.2 Å². The molecular formula is C25H26F4N6O2. The summed E-state index contributed by atoms with van der Waals surface area (Å²) in [5.74, 6) is -1.21. The van der Waals surface area contributed by atoms with Crippen LogP contribution in [0.25, 0.3) is 0 Å². The SMILES string of the molecule is CC(C)c1ccc([C@@H](NC(=O)[C@@H]2C[C@@H](F)CN2C(=O)Cc2[nH]nnc2C(F)(F)F)c2ccccc2)nc1. The summed E-state index contributed by atoms with van der Waals surface area (Å²) in [6.45, 7) is 3.66. The van der Waals surface area contributed by atoms with Gasteiger partial charge in [-0.05, 0) is 23.1 Å². The number of nitrogens with zero attached hydrogens (tertiary/aromatic N) is 4. The summed E-state index contributed by atoms with van der Waals surface area (Å²) in [5, 5.41) is 11.1. The van der Waals surface area contributed by atoms with Crippen LogP contribution in [0.3, 0.4) is 0 Å². The third-order valence-corrected chi connectivity index (χ3v) is 6.28. The Kier molecular flexibility index (Phi) is 7.55. The lowest BCUT2D eigenvalue weighted by molar-refractivity contribution is -0.143. The summed E-state index contributed by atoms with van der Waals surface area (Å²) >= 11 is 0. The lowest BCUT2D eigenvalue weighted by Gasteiger charge is -2.26. The molecule has 1 aliphatic heterocycles. The maximum atomic E-state index is 14.4. The lowest BCUT2D eigenvalue weighted by atomic mass is 10.00. The first-order valence-electron chi connectivity index (χ1n) is 11.8. The molecular weight excluding hydrogens is 492 g/mol. The Morgan fingerprint density at radius 2 is 1.86 bits per heavy atom. The first-order valence-corrected chi connectivity index (χ1v) is 11.8. The number of likely N-dealkylation sites (tertiary alicyclic amines) is 1. The molecule has 0 saturated carbocycles. The van der Waals surface area contributed by atoms with Crippen molar-refractivity contribution in [1.82, 2.24) is 30.6 Å². The van der Waals surface area contributed by atoms with Crippen molar-refractivity contribution >= 4 is 11.8 Å². The Bertz CT molecular complexity index is 1230. The molecule has 4 rings (SSSR count). The summed E-state index contributed by atoms with van der Waals surface area (Å²) in [7, 11) is 0. The molecule has 1 aliphatic rings. The van der Waals surface area contributed by atoms with E-state index in [1.807, 2.05) is 38.1 Å². The van der Waals surface area contributed by atoms with E-state index in [4.69, 9.17) is 0 Å². The first kappa shape index (κ1) is 26.2. The fourth-order valence-electron chi connectivity index (χ4n) is 4.30. The molecule has 3 atom stereocenters. The number of H-pyrrole nitrogens is 1. The number of benzene rings is 1. The van der Waals surface area contributed by atoms with Crippen LogP contribution in [-0.4, -0.2) is 55.9 Å². The molecule has 2 aromatic heterocycles. The van der Waals surface area contributed by atoms with Crippen LogP contribution in [0.1, 0.15) is 60.4 Å². The molecule has 1 saturated heterocycles. The minimum Gasteiger partial charge on any atom is -0.342 e. The molecule has 12 heteroatoms. The van der Waals surface area contributed by atoms with E-state index < -0.39 is 60.6 Å². The molecule has 37 heavy (non-hydrogen) atoms. The number of rotatable bonds is 7. The van der Waals surface area contributed by atoms with Crippen molar-refractivity contribution in [1.29, 1.82) is 0 Å². The molecule has 1 aromatic carbocycles. The summed E-state index contributed by atoms with van der Waals surface area (Å²) in [6.07, 6.45) is -5.61. The van der Waals surface area contributed by atoms with Gasteiger partial charge in [0.15, 0.2) is 5.69 Å². The fourth-order valence-corrected chi connectivity index (χ4v) is 4.30. The Labute approximate surface area is 210 Å². The molecule has 8 nitrogen and oxygen atoms in total. The second kappa shape index (κ2) is 10.7. The maximum absolute atomic E-state index is 14.4. The van der Waals surface area contributed by atoms with Crippen LogP contribution in [0.2, 0.25) is 0 Å². The average Bonchev–Trinajstić information content (AvgIpc) is 3.49. The van der Waals surface area contributed by atoms with Crippen LogP contribution in [0.15, 0.2) is 48.7 Å². The van der Waals surface area contributed by atoms with E-state index in [-0.39, 0.29) is 12.3 Å². The highest BCUT2D eigenvalue weighted by Crippen LogP contribution is 2.30. The number of nitrogens with one attached hydrogen (secondary N) is 2. The van der Waals surface area contributed by atoms with Gasteiger partial charge in [0.25, 0.3) is 0 Å². The average molecular weight is 519 g/mol. The number of hydrogen-bond donors (Lipinski definition) is 2. The number of alkyl halides is 4. The van der Waals surface area contributed by atoms with Gasteiger partial charge < -0.3 is 10.2 Å². The van der Waals surface area contributed by atoms with Crippen molar-refractivity contribution in [2.45, 2.75) is 57.0 Å². The van der Waals surface area contributed by atoms with Crippen molar-refractivity contribution in [3.63, 3.8) is 0 Å². The zero-order valence-corrected chi connectivity index (χ0v) is 20.2. The van der Waals surface area contributed by atoms with Crippen LogP contribution >= 0.6 is 0 Å². The van der Waals surface area contributed by atoms with Crippen molar-refractivity contribution in [3.05, 3.63) is 76.9 Å². The number of aromatic nitrogens is 4. The van der Waals surface area contributed by atoms with Gasteiger partial charge in [0, 0.05) is 12.6 Å². The topological polar surface area (TPSA) is 104 Å². The van der Waals surface area contributed by atoms with E-state index in [0.29, 0.717) is 5.69 Å². The highest BCUT2D eigenvalue weighted by atomic mass is 19.4. The first-order chi connectivity index (χ1) is 17.5. The van der Waals surface area contributed by atoms with E-state index in [1.165, 1.54) is 0 Å². The van der Waals surface area contributed by atoms with Gasteiger partial charge >= 0.3 is 6.18 Å². The van der Waals surface area contributed by atoms with Crippen LogP contribution < -0.4 is 5.32 Å². The molecule has 0 bridgehead atoms. The van der Waals surface area contributed by atoms with Crippen molar-refractivity contribution in [2.24, 2.45) is 0 Å². The van der Waals surface area contributed by atoms with Gasteiger partial charge in [-0.25, -0.2) is 4.39 Å². The smallest absolute Gasteiger partial charge is 0.342 e. The van der Waals surface area contributed by atoms with E-state index >= 15 is 0 Å². The van der Waals surface area contributed by atoms with Crippen LogP contribution in [-0.2, 0) is 22.2 Å². The summed E-state index contributed by atoms with van der Waals surface area (Å²) < 4.78 is 53.8. The van der Waals surface area contributed by atoms with Gasteiger partial charge in [-0.1, -0.05) is 55.5 Å². The predicted molar refractivity (Wildman–Crippen MR) is 125 cm³/mol. The monoisotopic (exact) mass is 518 g/mol. The molecule has 2 amide bonds.